The number of nitrogens with zero attached hydrogens (tertiary/aromatic N) is 1. The van der Waals surface area contributed by atoms with Gasteiger partial charge < -0.3 is 29.2 Å². The van der Waals surface area contributed by atoms with Gasteiger partial charge in [0.05, 0.1) is 13.2 Å². The SMILES string of the molecule is CC(O)(OC1CO[C@@H]2[C@@H](OC(=O)c3ccccc3O)CO[C@H]12)c1cccnc1. The van der Waals surface area contributed by atoms with Gasteiger partial charge in [0, 0.05) is 18.0 Å². The van der Waals surface area contributed by atoms with Crippen LogP contribution in [-0.2, 0) is 24.7 Å². The number of esters is 1. The molecule has 2 fully saturated rings. The molecule has 0 amide bonds. The average molecular weight is 387 g/mol. The molecular formula is C20H21NO7. The number of aliphatic hydroxyl groups is 1. The normalized spacial score (nSPS) is 28.5. The summed E-state index contributed by atoms with van der Waals surface area (Å²) < 4.78 is 22.8. The molecule has 0 spiro atoms. The molecule has 148 valence electrons. The number of carbonyl (C=O) groups is 1. The number of phenolic OH excluding ortho intramolecular Hbond substituents is 1. The number of ether oxygens (including phenoxy) is 4. The summed E-state index contributed by atoms with van der Waals surface area (Å²) in [7, 11) is 0. The minimum absolute atomic E-state index is 0.0799. The van der Waals surface area contributed by atoms with Crippen LogP contribution in [0.2, 0.25) is 0 Å². The van der Waals surface area contributed by atoms with Crippen LogP contribution in [0.1, 0.15) is 22.8 Å². The Balaban J connectivity index is 1.41. The Hall–Kier alpha value is -2.52. The molecule has 0 saturated carbocycles. The summed E-state index contributed by atoms with van der Waals surface area (Å²) in [5.41, 5.74) is 0.593. The molecule has 28 heavy (non-hydrogen) atoms. The lowest BCUT2D eigenvalue weighted by molar-refractivity contribution is -0.239. The van der Waals surface area contributed by atoms with Crippen LogP contribution in [-0.4, -0.2) is 58.8 Å². The van der Waals surface area contributed by atoms with Crippen LogP contribution in [0.5, 0.6) is 5.75 Å². The third kappa shape index (κ3) is 3.59. The number of hydrogen-bond donors (Lipinski definition) is 2. The molecule has 0 radical (unpaired) electrons. The van der Waals surface area contributed by atoms with E-state index in [1.54, 1.807) is 30.5 Å². The smallest absolute Gasteiger partial charge is 0.342 e. The van der Waals surface area contributed by atoms with Crippen LogP contribution in [0.15, 0.2) is 48.8 Å². The summed E-state index contributed by atoms with van der Waals surface area (Å²) in [6.45, 7) is 1.86. The first-order chi connectivity index (χ1) is 13.5. The van der Waals surface area contributed by atoms with Crippen LogP contribution < -0.4 is 0 Å². The second-order valence-electron chi connectivity index (χ2n) is 6.94. The van der Waals surface area contributed by atoms with Gasteiger partial charge in [-0.3, -0.25) is 4.98 Å². The number of rotatable bonds is 5. The zero-order chi connectivity index (χ0) is 19.7. The second-order valence-corrected chi connectivity index (χ2v) is 6.94. The fraction of sp³-hybridized carbons (Fsp3) is 0.400. The molecule has 2 aliphatic rings. The highest BCUT2D eigenvalue weighted by molar-refractivity contribution is 5.92. The first kappa shape index (κ1) is 18.8. The van der Waals surface area contributed by atoms with Gasteiger partial charge in [0.2, 0.25) is 0 Å². The quantitative estimate of drug-likeness (QED) is 0.585. The van der Waals surface area contributed by atoms with Crippen LogP contribution in [0, 0.1) is 0 Å². The van der Waals surface area contributed by atoms with E-state index < -0.39 is 36.2 Å². The van der Waals surface area contributed by atoms with E-state index in [0.717, 1.165) is 0 Å². The minimum Gasteiger partial charge on any atom is -0.507 e. The lowest BCUT2D eigenvalue weighted by atomic mass is 10.1. The number of pyridine rings is 1. The molecule has 2 aromatic rings. The average Bonchev–Trinajstić information content (AvgIpc) is 3.26. The number of fused-ring (bicyclic) bond motifs is 1. The monoisotopic (exact) mass is 387 g/mol. The Morgan fingerprint density at radius 2 is 1.86 bits per heavy atom. The summed E-state index contributed by atoms with van der Waals surface area (Å²) in [6, 6.07) is 9.59. The van der Waals surface area contributed by atoms with Crippen molar-refractivity contribution in [2.75, 3.05) is 13.2 Å². The summed E-state index contributed by atoms with van der Waals surface area (Å²) in [4.78, 5) is 16.3. The lowest BCUT2D eigenvalue weighted by Crippen LogP contribution is -2.39. The maximum atomic E-state index is 12.3. The lowest BCUT2D eigenvalue weighted by Gasteiger charge is -2.29. The minimum atomic E-state index is -1.56. The van der Waals surface area contributed by atoms with Crippen LogP contribution in [0.3, 0.4) is 0 Å². The van der Waals surface area contributed by atoms with E-state index >= 15 is 0 Å². The van der Waals surface area contributed by atoms with E-state index in [0.29, 0.717) is 5.56 Å². The van der Waals surface area contributed by atoms with E-state index in [-0.39, 0.29) is 24.5 Å². The highest BCUT2D eigenvalue weighted by Gasteiger charge is 2.51. The predicted octanol–water partition coefficient (Wildman–Crippen LogP) is 1.36. The highest BCUT2D eigenvalue weighted by atomic mass is 16.7. The highest BCUT2D eigenvalue weighted by Crippen LogP contribution is 2.35. The van der Waals surface area contributed by atoms with Crippen LogP contribution in [0.4, 0.5) is 0 Å². The summed E-state index contributed by atoms with van der Waals surface area (Å²) in [6.07, 6.45) is 0.982. The number of hydrogen-bond acceptors (Lipinski definition) is 8. The zero-order valence-corrected chi connectivity index (χ0v) is 15.2. The van der Waals surface area contributed by atoms with Gasteiger partial charge in [-0.25, -0.2) is 4.79 Å². The van der Waals surface area contributed by atoms with Gasteiger partial charge in [-0.1, -0.05) is 18.2 Å². The molecule has 1 aromatic carbocycles. The van der Waals surface area contributed by atoms with E-state index in [9.17, 15) is 15.0 Å². The van der Waals surface area contributed by atoms with Gasteiger partial charge >= 0.3 is 5.97 Å². The topological polar surface area (TPSA) is 107 Å². The summed E-state index contributed by atoms with van der Waals surface area (Å²) >= 11 is 0. The summed E-state index contributed by atoms with van der Waals surface area (Å²) in [5, 5.41) is 20.5. The molecule has 2 N–H and O–H groups in total. The van der Waals surface area contributed by atoms with E-state index in [1.807, 2.05) is 0 Å². The fourth-order valence-corrected chi connectivity index (χ4v) is 3.48. The first-order valence-electron chi connectivity index (χ1n) is 8.98. The van der Waals surface area contributed by atoms with Crippen molar-refractivity contribution >= 4 is 5.97 Å². The molecule has 3 heterocycles. The van der Waals surface area contributed by atoms with Crippen LogP contribution >= 0.6 is 0 Å². The van der Waals surface area contributed by atoms with Gasteiger partial charge in [0.1, 0.15) is 29.6 Å². The maximum Gasteiger partial charge on any atom is 0.342 e. The van der Waals surface area contributed by atoms with Crippen molar-refractivity contribution in [1.29, 1.82) is 0 Å². The van der Waals surface area contributed by atoms with Crippen molar-refractivity contribution in [3.63, 3.8) is 0 Å². The Morgan fingerprint density at radius 3 is 2.57 bits per heavy atom. The largest absolute Gasteiger partial charge is 0.507 e. The zero-order valence-electron chi connectivity index (χ0n) is 15.2. The second kappa shape index (κ2) is 7.48. The first-order valence-corrected chi connectivity index (χ1v) is 8.98. The molecule has 2 unspecified atom stereocenters. The Morgan fingerprint density at radius 1 is 1.14 bits per heavy atom. The molecule has 2 aliphatic heterocycles. The standard InChI is InChI=1S/C20H21NO7/c1-20(24,12-5-4-8-21-9-12)28-16-11-26-17-15(10-25-18(16)17)27-19(23)13-6-2-3-7-14(13)22/h2-9,15-18,22,24H,10-11H2,1H3/t15-,16?,17+,18+,20?/m0/s1. The fourth-order valence-electron chi connectivity index (χ4n) is 3.48. The third-order valence-corrected chi connectivity index (χ3v) is 4.92. The molecular weight excluding hydrogens is 366 g/mol. The molecule has 8 nitrogen and oxygen atoms in total. The number of aromatic hydroxyl groups is 1. The van der Waals surface area contributed by atoms with Crippen molar-refractivity contribution in [2.24, 2.45) is 0 Å². The molecule has 2 saturated heterocycles. The van der Waals surface area contributed by atoms with Crippen molar-refractivity contribution < 1.29 is 34.0 Å². The number of aromatic nitrogens is 1. The van der Waals surface area contributed by atoms with E-state index in [4.69, 9.17) is 18.9 Å². The molecule has 1 aromatic heterocycles. The van der Waals surface area contributed by atoms with Crippen molar-refractivity contribution in [1.82, 2.24) is 4.98 Å². The summed E-state index contributed by atoms with van der Waals surface area (Å²) in [5.74, 6) is -2.36. The maximum absolute atomic E-state index is 12.3. The molecule has 0 aliphatic carbocycles. The van der Waals surface area contributed by atoms with Gasteiger partial charge in [-0.2, -0.15) is 0 Å². The number of para-hydroxylation sites is 1. The van der Waals surface area contributed by atoms with Gasteiger partial charge in [0.25, 0.3) is 0 Å². The van der Waals surface area contributed by atoms with Gasteiger partial charge in [-0.15, -0.1) is 0 Å². The Bertz CT molecular complexity index is 841. The van der Waals surface area contributed by atoms with Gasteiger partial charge in [0.15, 0.2) is 11.9 Å². The van der Waals surface area contributed by atoms with E-state index in [2.05, 4.69) is 4.98 Å². The Labute approximate surface area is 161 Å². The van der Waals surface area contributed by atoms with Crippen molar-refractivity contribution in [2.45, 2.75) is 37.1 Å². The Kier molecular flexibility index (Phi) is 5.03. The van der Waals surface area contributed by atoms with Gasteiger partial charge in [-0.05, 0) is 25.1 Å². The predicted molar refractivity (Wildman–Crippen MR) is 95.5 cm³/mol. The van der Waals surface area contributed by atoms with Crippen molar-refractivity contribution in [3.8, 4) is 5.75 Å². The third-order valence-electron chi connectivity index (χ3n) is 4.92. The molecule has 5 atom stereocenters. The number of benzene rings is 1. The van der Waals surface area contributed by atoms with E-state index in [1.165, 1.54) is 25.3 Å². The molecule has 4 rings (SSSR count). The number of phenols is 1. The number of carbonyl (C=O) groups excluding carboxylic acids is 1. The van der Waals surface area contributed by atoms with Crippen molar-refractivity contribution in [3.05, 3.63) is 59.9 Å². The molecule has 0 bridgehead atoms. The molecule has 8 heteroatoms. The van der Waals surface area contributed by atoms with Crippen LogP contribution in [0.25, 0.3) is 0 Å².